The maximum atomic E-state index is 13.7. The van der Waals surface area contributed by atoms with E-state index in [0.29, 0.717) is 6.42 Å². The van der Waals surface area contributed by atoms with Gasteiger partial charge in [-0.2, -0.15) is 0 Å². The van der Waals surface area contributed by atoms with Crippen molar-refractivity contribution in [1.29, 1.82) is 0 Å². The molecule has 0 radical (unpaired) electrons. The van der Waals surface area contributed by atoms with Gasteiger partial charge >= 0.3 is 0 Å². The standard InChI is InChI=1S/C23H22FN3O5S/c24-19-6-2-3-7-20(19)27-22(28)15-32-21-8-4-1-5-18(21)23(29)26-14-13-16-9-11-17(12-10-16)33(25,30)31/h1-12H,13-15H2,(H,26,29)(H,27,28)(H2,25,30,31). The van der Waals surface area contributed by atoms with Gasteiger partial charge in [0.1, 0.15) is 11.6 Å². The molecule has 0 unspecified atom stereocenters. The zero-order valence-corrected chi connectivity index (χ0v) is 18.3. The number of anilines is 1. The smallest absolute Gasteiger partial charge is 0.262 e. The van der Waals surface area contributed by atoms with Crippen LogP contribution in [0, 0.1) is 5.82 Å². The van der Waals surface area contributed by atoms with E-state index >= 15 is 0 Å². The van der Waals surface area contributed by atoms with E-state index in [4.69, 9.17) is 9.88 Å². The molecule has 0 spiro atoms. The van der Waals surface area contributed by atoms with E-state index < -0.39 is 34.3 Å². The quantitative estimate of drug-likeness (QED) is 0.442. The van der Waals surface area contributed by atoms with Crippen molar-refractivity contribution in [3.05, 3.63) is 89.7 Å². The molecule has 172 valence electrons. The van der Waals surface area contributed by atoms with E-state index in [2.05, 4.69) is 10.6 Å². The molecule has 0 aliphatic carbocycles. The Morgan fingerprint density at radius 2 is 1.61 bits per heavy atom. The minimum atomic E-state index is -3.76. The molecule has 3 rings (SSSR count). The van der Waals surface area contributed by atoms with Gasteiger partial charge in [0.15, 0.2) is 6.61 Å². The number of halogens is 1. The maximum Gasteiger partial charge on any atom is 0.262 e. The minimum absolute atomic E-state index is 0.0143. The molecule has 3 aromatic carbocycles. The predicted octanol–water partition coefficient (Wildman–Crippen LogP) is 2.46. The number of amides is 2. The summed E-state index contributed by atoms with van der Waals surface area (Å²) >= 11 is 0. The van der Waals surface area contributed by atoms with Gasteiger partial charge in [0, 0.05) is 6.54 Å². The summed E-state index contributed by atoms with van der Waals surface area (Å²) in [7, 11) is -3.76. The fourth-order valence-corrected chi connectivity index (χ4v) is 3.45. The fourth-order valence-electron chi connectivity index (χ4n) is 2.93. The number of carbonyl (C=O) groups excluding carboxylic acids is 2. The van der Waals surface area contributed by atoms with E-state index in [-0.39, 0.29) is 28.4 Å². The minimum Gasteiger partial charge on any atom is -0.483 e. The molecule has 0 aromatic heterocycles. The largest absolute Gasteiger partial charge is 0.483 e. The van der Waals surface area contributed by atoms with E-state index in [0.717, 1.165) is 5.56 Å². The Kier molecular flexibility index (Phi) is 7.75. The molecule has 0 aliphatic heterocycles. The van der Waals surface area contributed by atoms with Crippen molar-refractivity contribution in [1.82, 2.24) is 5.32 Å². The van der Waals surface area contributed by atoms with Crippen LogP contribution in [0.4, 0.5) is 10.1 Å². The molecule has 2 amide bonds. The Bertz CT molecular complexity index is 1250. The van der Waals surface area contributed by atoms with Crippen molar-refractivity contribution in [2.45, 2.75) is 11.3 Å². The van der Waals surface area contributed by atoms with Gasteiger partial charge in [-0.25, -0.2) is 17.9 Å². The van der Waals surface area contributed by atoms with Crippen LogP contribution in [0.25, 0.3) is 0 Å². The number of nitrogens with two attached hydrogens (primary N) is 1. The van der Waals surface area contributed by atoms with E-state index in [9.17, 15) is 22.4 Å². The zero-order chi connectivity index (χ0) is 23.8. The van der Waals surface area contributed by atoms with E-state index in [1.54, 1.807) is 42.5 Å². The molecule has 8 nitrogen and oxygen atoms in total. The number of para-hydroxylation sites is 2. The third kappa shape index (κ3) is 6.86. The number of hydrogen-bond donors (Lipinski definition) is 3. The Labute approximate surface area is 190 Å². The number of rotatable bonds is 9. The normalized spacial score (nSPS) is 11.0. The van der Waals surface area contributed by atoms with Crippen molar-refractivity contribution >= 4 is 27.5 Å². The summed E-state index contributed by atoms with van der Waals surface area (Å²) in [6.45, 7) is -0.120. The molecule has 10 heteroatoms. The summed E-state index contributed by atoms with van der Waals surface area (Å²) in [6, 6.07) is 18.2. The Balaban J connectivity index is 1.54. The second kappa shape index (κ2) is 10.7. The van der Waals surface area contributed by atoms with E-state index in [1.165, 1.54) is 30.3 Å². The van der Waals surface area contributed by atoms with Gasteiger partial charge in [-0.3, -0.25) is 9.59 Å². The van der Waals surface area contributed by atoms with E-state index in [1.807, 2.05) is 0 Å². The summed E-state index contributed by atoms with van der Waals surface area (Å²) < 4.78 is 41.7. The van der Waals surface area contributed by atoms with Gasteiger partial charge in [0.05, 0.1) is 16.1 Å². The molecule has 3 aromatic rings. The highest BCUT2D eigenvalue weighted by molar-refractivity contribution is 7.89. The summed E-state index contributed by atoms with van der Waals surface area (Å²) in [5, 5.41) is 10.2. The molecule has 0 aliphatic rings. The highest BCUT2D eigenvalue weighted by Crippen LogP contribution is 2.18. The number of nitrogens with one attached hydrogen (secondary N) is 2. The van der Waals surface area contributed by atoms with Gasteiger partial charge in [-0.05, 0) is 48.4 Å². The maximum absolute atomic E-state index is 13.7. The lowest BCUT2D eigenvalue weighted by Crippen LogP contribution is -2.27. The first kappa shape index (κ1) is 23.9. The molecule has 0 fully saturated rings. The number of ether oxygens (including phenoxy) is 1. The molecule has 0 atom stereocenters. The van der Waals surface area contributed by atoms with Crippen LogP contribution in [-0.2, 0) is 21.2 Å². The van der Waals surface area contributed by atoms with Crippen molar-refractivity contribution < 1.29 is 27.1 Å². The van der Waals surface area contributed by atoms with Gasteiger partial charge in [-0.1, -0.05) is 36.4 Å². The fraction of sp³-hybridized carbons (Fsp3) is 0.130. The van der Waals surface area contributed by atoms with Gasteiger partial charge in [0.2, 0.25) is 10.0 Å². The van der Waals surface area contributed by atoms with Crippen LogP contribution < -0.4 is 20.5 Å². The van der Waals surface area contributed by atoms with Crippen LogP contribution in [-0.4, -0.2) is 33.4 Å². The Morgan fingerprint density at radius 1 is 0.939 bits per heavy atom. The van der Waals surface area contributed by atoms with Crippen molar-refractivity contribution in [2.24, 2.45) is 5.14 Å². The third-order valence-corrected chi connectivity index (χ3v) is 5.52. The predicted molar refractivity (Wildman–Crippen MR) is 121 cm³/mol. The Morgan fingerprint density at radius 3 is 2.30 bits per heavy atom. The highest BCUT2D eigenvalue weighted by Gasteiger charge is 2.14. The lowest BCUT2D eigenvalue weighted by atomic mass is 10.1. The lowest BCUT2D eigenvalue weighted by Gasteiger charge is -2.12. The van der Waals surface area contributed by atoms with Crippen LogP contribution >= 0.6 is 0 Å². The second-order valence-electron chi connectivity index (χ2n) is 7.01. The van der Waals surface area contributed by atoms with Crippen LogP contribution in [0.15, 0.2) is 77.7 Å². The summed E-state index contributed by atoms with van der Waals surface area (Å²) in [4.78, 5) is 24.7. The van der Waals surface area contributed by atoms with Gasteiger partial charge in [-0.15, -0.1) is 0 Å². The first-order valence-corrected chi connectivity index (χ1v) is 11.4. The summed E-state index contributed by atoms with van der Waals surface area (Å²) in [5.41, 5.74) is 1.09. The molecule has 4 N–H and O–H groups in total. The molecule has 0 bridgehead atoms. The number of carbonyl (C=O) groups is 2. The SMILES string of the molecule is NS(=O)(=O)c1ccc(CCNC(=O)c2ccccc2OCC(=O)Nc2ccccc2F)cc1. The van der Waals surface area contributed by atoms with Crippen LogP contribution in [0.2, 0.25) is 0 Å². The summed E-state index contributed by atoms with van der Waals surface area (Å²) in [5.74, 6) is -1.33. The number of sulfonamides is 1. The second-order valence-corrected chi connectivity index (χ2v) is 8.57. The topological polar surface area (TPSA) is 128 Å². The first-order valence-electron chi connectivity index (χ1n) is 9.90. The van der Waals surface area contributed by atoms with Gasteiger partial charge in [0.25, 0.3) is 11.8 Å². The average Bonchev–Trinajstić information content (AvgIpc) is 2.79. The summed E-state index contributed by atoms with van der Waals surface area (Å²) in [6.07, 6.45) is 0.463. The molecular weight excluding hydrogens is 449 g/mol. The highest BCUT2D eigenvalue weighted by atomic mass is 32.2. The molecule has 0 saturated carbocycles. The Hall–Kier alpha value is -3.76. The van der Waals surface area contributed by atoms with Crippen LogP contribution in [0.3, 0.4) is 0 Å². The van der Waals surface area contributed by atoms with Crippen molar-refractivity contribution in [3.8, 4) is 5.75 Å². The van der Waals surface area contributed by atoms with Crippen molar-refractivity contribution in [2.75, 3.05) is 18.5 Å². The average molecular weight is 472 g/mol. The monoisotopic (exact) mass is 471 g/mol. The molecule has 33 heavy (non-hydrogen) atoms. The van der Waals surface area contributed by atoms with Crippen molar-refractivity contribution in [3.63, 3.8) is 0 Å². The van der Waals surface area contributed by atoms with Crippen LogP contribution in [0.5, 0.6) is 5.75 Å². The molecule has 0 heterocycles. The third-order valence-electron chi connectivity index (χ3n) is 4.59. The first-order chi connectivity index (χ1) is 15.7. The lowest BCUT2D eigenvalue weighted by molar-refractivity contribution is -0.118. The molecule has 0 saturated heterocycles. The number of benzene rings is 3. The zero-order valence-electron chi connectivity index (χ0n) is 17.5. The van der Waals surface area contributed by atoms with Crippen LogP contribution in [0.1, 0.15) is 15.9 Å². The number of primary sulfonamides is 1. The van der Waals surface area contributed by atoms with Gasteiger partial charge < -0.3 is 15.4 Å². The molecular formula is C23H22FN3O5S. The number of hydrogen-bond acceptors (Lipinski definition) is 5.